The van der Waals surface area contributed by atoms with Crippen LogP contribution in [0.25, 0.3) is 11.3 Å². The number of fused-ring (bicyclic) bond motifs is 4. The van der Waals surface area contributed by atoms with Gasteiger partial charge in [-0.25, -0.2) is 4.39 Å². The van der Waals surface area contributed by atoms with Gasteiger partial charge in [0.05, 0.1) is 17.4 Å². The first-order chi connectivity index (χ1) is 10.1. The summed E-state index contributed by atoms with van der Waals surface area (Å²) in [5, 5.41) is 8.41. The lowest BCUT2D eigenvalue weighted by molar-refractivity contribution is 0.297. The highest BCUT2D eigenvalue weighted by Crippen LogP contribution is 2.38. The highest BCUT2D eigenvalue weighted by Gasteiger charge is 2.34. The van der Waals surface area contributed by atoms with Crippen LogP contribution in [0.3, 0.4) is 0 Å². The number of rotatable bonds is 1. The van der Waals surface area contributed by atoms with Crippen LogP contribution in [0.5, 0.6) is 0 Å². The first kappa shape index (κ1) is 13.0. The molecule has 2 bridgehead atoms. The van der Waals surface area contributed by atoms with Crippen molar-refractivity contribution < 1.29 is 4.39 Å². The molecule has 2 aliphatic heterocycles. The van der Waals surface area contributed by atoms with E-state index < -0.39 is 0 Å². The SMILES string of the molecule is Cc1cc(F)cc(-c2c3c(nn2C)C2CCCC(C3)N2)c1. The number of nitrogens with one attached hydrogen (secondary N) is 1. The largest absolute Gasteiger partial charge is 0.305 e. The Bertz CT molecular complexity index is 684. The zero-order valence-electron chi connectivity index (χ0n) is 12.5. The average molecular weight is 285 g/mol. The first-order valence-electron chi connectivity index (χ1n) is 7.71. The molecule has 3 heterocycles. The number of piperidine rings is 1. The minimum absolute atomic E-state index is 0.172. The van der Waals surface area contributed by atoms with Crippen molar-refractivity contribution in [1.29, 1.82) is 0 Å². The van der Waals surface area contributed by atoms with Gasteiger partial charge in [0, 0.05) is 24.2 Å². The van der Waals surface area contributed by atoms with Gasteiger partial charge in [-0.2, -0.15) is 5.10 Å². The Balaban J connectivity index is 1.88. The summed E-state index contributed by atoms with van der Waals surface area (Å²) in [4.78, 5) is 0. The van der Waals surface area contributed by atoms with E-state index in [4.69, 9.17) is 5.10 Å². The topological polar surface area (TPSA) is 29.9 Å². The first-order valence-corrected chi connectivity index (χ1v) is 7.71. The van der Waals surface area contributed by atoms with E-state index >= 15 is 0 Å². The van der Waals surface area contributed by atoms with Gasteiger partial charge in [-0.3, -0.25) is 4.68 Å². The van der Waals surface area contributed by atoms with E-state index in [1.165, 1.54) is 24.1 Å². The Hall–Kier alpha value is -1.68. The van der Waals surface area contributed by atoms with E-state index in [-0.39, 0.29) is 5.82 Å². The van der Waals surface area contributed by atoms with Crippen molar-refractivity contribution in [3.8, 4) is 11.3 Å². The van der Waals surface area contributed by atoms with Gasteiger partial charge in [0.25, 0.3) is 0 Å². The van der Waals surface area contributed by atoms with E-state index in [2.05, 4.69) is 11.4 Å². The third-order valence-electron chi connectivity index (χ3n) is 4.75. The minimum atomic E-state index is -0.172. The zero-order chi connectivity index (χ0) is 14.6. The lowest BCUT2D eigenvalue weighted by atomic mass is 9.84. The van der Waals surface area contributed by atoms with Crippen LogP contribution in [0.4, 0.5) is 4.39 Å². The summed E-state index contributed by atoms with van der Waals surface area (Å²) in [6.07, 6.45) is 4.66. The Labute approximate surface area is 124 Å². The molecule has 110 valence electrons. The van der Waals surface area contributed by atoms with Crippen molar-refractivity contribution >= 4 is 0 Å². The van der Waals surface area contributed by atoms with Crippen molar-refractivity contribution in [2.45, 2.75) is 44.7 Å². The average Bonchev–Trinajstić information content (AvgIpc) is 2.74. The maximum Gasteiger partial charge on any atom is 0.124 e. The summed E-state index contributed by atoms with van der Waals surface area (Å²) in [7, 11) is 1.97. The predicted octanol–water partition coefficient (Wildman–Crippen LogP) is 3.27. The van der Waals surface area contributed by atoms with Crippen LogP contribution in [0.1, 0.15) is 42.1 Å². The van der Waals surface area contributed by atoms with Gasteiger partial charge in [0.1, 0.15) is 5.82 Å². The molecular formula is C17H20FN3. The fraction of sp³-hybridized carbons (Fsp3) is 0.471. The summed E-state index contributed by atoms with van der Waals surface area (Å²) in [6.45, 7) is 1.94. The standard InChI is InChI=1S/C17H20FN3/c1-10-6-11(8-12(18)7-10)17-14-9-13-4-3-5-15(19-13)16(14)20-21(17)2/h6-8,13,15,19H,3-5,9H2,1-2H3. The van der Waals surface area contributed by atoms with Gasteiger partial charge < -0.3 is 5.32 Å². The second-order valence-electron chi connectivity index (χ2n) is 6.40. The molecule has 2 aromatic rings. The van der Waals surface area contributed by atoms with Crippen molar-refractivity contribution in [3.63, 3.8) is 0 Å². The van der Waals surface area contributed by atoms with Crippen molar-refractivity contribution in [1.82, 2.24) is 15.1 Å². The van der Waals surface area contributed by atoms with E-state index in [0.717, 1.165) is 29.7 Å². The van der Waals surface area contributed by atoms with Crippen molar-refractivity contribution in [2.24, 2.45) is 7.05 Å². The monoisotopic (exact) mass is 285 g/mol. The summed E-state index contributed by atoms with van der Waals surface area (Å²) in [5.41, 5.74) is 5.48. The highest BCUT2D eigenvalue weighted by molar-refractivity contribution is 5.66. The number of hydrogen-bond acceptors (Lipinski definition) is 2. The quantitative estimate of drug-likeness (QED) is 0.871. The third kappa shape index (κ3) is 2.09. The molecule has 0 saturated carbocycles. The lowest BCUT2D eigenvalue weighted by Gasteiger charge is -2.35. The van der Waals surface area contributed by atoms with Crippen LogP contribution in [0.15, 0.2) is 18.2 Å². The Morgan fingerprint density at radius 3 is 2.95 bits per heavy atom. The Morgan fingerprint density at radius 2 is 2.14 bits per heavy atom. The van der Waals surface area contributed by atoms with Gasteiger partial charge in [-0.1, -0.05) is 0 Å². The number of halogens is 1. The summed E-state index contributed by atoms with van der Waals surface area (Å²) >= 11 is 0. The number of aromatic nitrogens is 2. The highest BCUT2D eigenvalue weighted by atomic mass is 19.1. The van der Waals surface area contributed by atoms with E-state index in [1.54, 1.807) is 12.1 Å². The molecule has 4 heteroatoms. The molecule has 2 unspecified atom stereocenters. The van der Waals surface area contributed by atoms with Gasteiger partial charge in [-0.15, -0.1) is 0 Å². The van der Waals surface area contributed by atoms with Crippen molar-refractivity contribution in [3.05, 3.63) is 40.8 Å². The summed E-state index contributed by atoms with van der Waals surface area (Å²) < 4.78 is 15.7. The molecule has 1 fully saturated rings. The van der Waals surface area contributed by atoms with Crippen LogP contribution in [0.2, 0.25) is 0 Å². The van der Waals surface area contributed by atoms with Crippen molar-refractivity contribution in [2.75, 3.05) is 0 Å². The van der Waals surface area contributed by atoms with Crippen LogP contribution in [0, 0.1) is 12.7 Å². The summed E-state index contributed by atoms with van der Waals surface area (Å²) in [6, 6.07) is 6.18. The molecular weight excluding hydrogens is 265 g/mol. The molecule has 4 rings (SSSR count). The molecule has 21 heavy (non-hydrogen) atoms. The molecule has 1 aromatic carbocycles. The molecule has 0 spiro atoms. The molecule has 2 aliphatic rings. The maximum atomic E-state index is 13.8. The molecule has 1 aromatic heterocycles. The van der Waals surface area contributed by atoms with Gasteiger partial charge in [0.2, 0.25) is 0 Å². The van der Waals surface area contributed by atoms with Gasteiger partial charge in [0.15, 0.2) is 0 Å². The molecule has 1 N–H and O–H groups in total. The second kappa shape index (κ2) is 4.67. The van der Waals surface area contributed by atoms with E-state index in [9.17, 15) is 4.39 Å². The molecule has 0 radical (unpaired) electrons. The third-order valence-corrected chi connectivity index (χ3v) is 4.75. The number of aryl methyl sites for hydroxylation is 2. The second-order valence-corrected chi connectivity index (χ2v) is 6.40. The van der Waals surface area contributed by atoms with Crippen LogP contribution >= 0.6 is 0 Å². The Kier molecular flexibility index (Phi) is 2.89. The van der Waals surface area contributed by atoms with Crippen LogP contribution in [-0.4, -0.2) is 15.8 Å². The van der Waals surface area contributed by atoms with Gasteiger partial charge >= 0.3 is 0 Å². The molecule has 2 atom stereocenters. The Morgan fingerprint density at radius 1 is 1.29 bits per heavy atom. The number of nitrogens with zero attached hydrogens (tertiary/aromatic N) is 2. The number of benzene rings is 1. The van der Waals surface area contributed by atoms with Crippen LogP contribution in [-0.2, 0) is 13.5 Å². The number of hydrogen-bond donors (Lipinski definition) is 1. The normalized spacial score (nSPS) is 24.0. The van der Waals surface area contributed by atoms with Crippen LogP contribution < -0.4 is 5.32 Å². The van der Waals surface area contributed by atoms with E-state index in [1.807, 2.05) is 18.7 Å². The lowest BCUT2D eigenvalue weighted by Crippen LogP contribution is -2.42. The minimum Gasteiger partial charge on any atom is -0.305 e. The maximum absolute atomic E-state index is 13.8. The molecule has 3 nitrogen and oxygen atoms in total. The molecule has 0 amide bonds. The van der Waals surface area contributed by atoms with E-state index in [0.29, 0.717) is 12.1 Å². The fourth-order valence-corrected chi connectivity index (χ4v) is 3.95. The predicted molar refractivity (Wildman–Crippen MR) is 80.6 cm³/mol. The fourth-order valence-electron chi connectivity index (χ4n) is 3.95. The smallest absolute Gasteiger partial charge is 0.124 e. The molecule has 1 saturated heterocycles. The van der Waals surface area contributed by atoms with Gasteiger partial charge in [-0.05, 0) is 56.4 Å². The molecule has 0 aliphatic carbocycles. The zero-order valence-corrected chi connectivity index (χ0v) is 12.5. The summed E-state index contributed by atoms with van der Waals surface area (Å²) in [5.74, 6) is -0.172.